The van der Waals surface area contributed by atoms with Crippen molar-refractivity contribution in [3.8, 4) is 11.5 Å². The van der Waals surface area contributed by atoms with Gasteiger partial charge in [-0.05, 0) is 36.8 Å². The molecule has 2 aromatic rings. The number of ether oxygens (including phenoxy) is 1. The highest BCUT2D eigenvalue weighted by Gasteiger charge is 2.17. The van der Waals surface area contributed by atoms with Gasteiger partial charge in [-0.15, -0.1) is 0 Å². The van der Waals surface area contributed by atoms with Crippen molar-refractivity contribution >= 4 is 5.91 Å². The van der Waals surface area contributed by atoms with Crippen molar-refractivity contribution in [1.82, 2.24) is 5.32 Å². The van der Waals surface area contributed by atoms with Crippen LogP contribution in [-0.2, 0) is 0 Å². The molecule has 0 saturated carbocycles. The van der Waals surface area contributed by atoms with Crippen LogP contribution in [0.4, 0.5) is 4.39 Å². The summed E-state index contributed by atoms with van der Waals surface area (Å²) in [5, 5.41) is 12.7. The summed E-state index contributed by atoms with van der Waals surface area (Å²) in [5.74, 6) is -0.814. The molecule has 0 spiro atoms. The topological polar surface area (TPSA) is 58.6 Å². The molecular formula is C16H16FNO3. The summed E-state index contributed by atoms with van der Waals surface area (Å²) in [7, 11) is 1.41. The normalized spacial score (nSPS) is 11.8. The molecule has 0 aliphatic heterocycles. The van der Waals surface area contributed by atoms with Crippen molar-refractivity contribution in [3.63, 3.8) is 0 Å². The van der Waals surface area contributed by atoms with Crippen LogP contribution in [0.2, 0.25) is 0 Å². The van der Waals surface area contributed by atoms with Crippen molar-refractivity contribution < 1.29 is 19.0 Å². The number of amides is 1. The van der Waals surface area contributed by atoms with E-state index in [1.165, 1.54) is 25.3 Å². The van der Waals surface area contributed by atoms with E-state index >= 15 is 0 Å². The highest BCUT2D eigenvalue weighted by Crippen LogP contribution is 2.29. The van der Waals surface area contributed by atoms with Gasteiger partial charge in [-0.2, -0.15) is 0 Å². The molecule has 1 unspecified atom stereocenters. The highest BCUT2D eigenvalue weighted by molar-refractivity contribution is 5.97. The number of aromatic hydroxyl groups is 1. The maximum atomic E-state index is 13.2. The molecule has 0 heterocycles. The fourth-order valence-corrected chi connectivity index (χ4v) is 2.00. The summed E-state index contributed by atoms with van der Waals surface area (Å²) in [6.45, 7) is 1.74. The van der Waals surface area contributed by atoms with Gasteiger partial charge in [0.1, 0.15) is 5.82 Å². The van der Waals surface area contributed by atoms with Crippen LogP contribution in [-0.4, -0.2) is 18.1 Å². The second kappa shape index (κ2) is 6.26. The number of phenolic OH excluding ortho intramolecular Hbond substituents is 1. The molecule has 1 amide bonds. The Labute approximate surface area is 122 Å². The van der Waals surface area contributed by atoms with Crippen molar-refractivity contribution in [2.75, 3.05) is 7.11 Å². The SMILES string of the molecule is COc1cccc(C(=O)NC(C)c2cccc(F)c2)c1O. The Morgan fingerprint density at radius 3 is 2.67 bits per heavy atom. The lowest BCUT2D eigenvalue weighted by atomic mass is 10.1. The molecule has 110 valence electrons. The predicted octanol–water partition coefficient (Wildman–Crippen LogP) is 3.03. The van der Waals surface area contributed by atoms with E-state index < -0.39 is 5.91 Å². The Bertz CT molecular complexity index is 658. The smallest absolute Gasteiger partial charge is 0.255 e. The van der Waals surface area contributed by atoms with E-state index in [1.54, 1.807) is 31.2 Å². The minimum absolute atomic E-state index is 0.109. The number of methoxy groups -OCH3 is 1. The summed E-state index contributed by atoms with van der Waals surface area (Å²) in [4.78, 5) is 12.2. The molecule has 0 saturated heterocycles. The fraction of sp³-hybridized carbons (Fsp3) is 0.188. The lowest BCUT2D eigenvalue weighted by molar-refractivity contribution is 0.0936. The molecule has 5 heteroatoms. The predicted molar refractivity (Wildman–Crippen MR) is 76.9 cm³/mol. The first-order valence-corrected chi connectivity index (χ1v) is 6.45. The number of rotatable bonds is 4. The molecule has 2 aromatic carbocycles. The minimum Gasteiger partial charge on any atom is -0.504 e. The maximum absolute atomic E-state index is 13.2. The first-order chi connectivity index (χ1) is 10.0. The van der Waals surface area contributed by atoms with Crippen LogP contribution in [0, 0.1) is 5.82 Å². The third-order valence-electron chi connectivity index (χ3n) is 3.16. The van der Waals surface area contributed by atoms with Gasteiger partial charge in [-0.25, -0.2) is 4.39 Å². The van der Waals surface area contributed by atoms with Gasteiger partial charge in [0.2, 0.25) is 0 Å². The molecule has 4 nitrogen and oxygen atoms in total. The zero-order chi connectivity index (χ0) is 15.4. The van der Waals surface area contributed by atoms with E-state index in [2.05, 4.69) is 5.32 Å². The van der Waals surface area contributed by atoms with Crippen molar-refractivity contribution in [2.45, 2.75) is 13.0 Å². The zero-order valence-electron chi connectivity index (χ0n) is 11.8. The number of benzene rings is 2. The molecule has 2 N–H and O–H groups in total. The standard InChI is InChI=1S/C16H16FNO3/c1-10(11-5-3-6-12(17)9-11)18-16(20)13-7-4-8-14(21-2)15(13)19/h3-10,19H,1-2H3,(H,18,20). The summed E-state index contributed by atoms with van der Waals surface area (Å²) in [6, 6.07) is 10.3. The van der Waals surface area contributed by atoms with Gasteiger partial charge in [0, 0.05) is 0 Å². The number of halogens is 1. The summed E-state index contributed by atoms with van der Waals surface area (Å²) < 4.78 is 18.1. The first-order valence-electron chi connectivity index (χ1n) is 6.45. The molecule has 21 heavy (non-hydrogen) atoms. The van der Waals surface area contributed by atoms with E-state index in [0.717, 1.165) is 0 Å². The number of nitrogens with one attached hydrogen (secondary N) is 1. The molecule has 2 rings (SSSR count). The van der Waals surface area contributed by atoms with Gasteiger partial charge in [-0.3, -0.25) is 4.79 Å². The van der Waals surface area contributed by atoms with Crippen LogP contribution in [0.5, 0.6) is 11.5 Å². The molecule has 0 bridgehead atoms. The zero-order valence-corrected chi connectivity index (χ0v) is 11.8. The monoisotopic (exact) mass is 289 g/mol. The molecule has 0 aliphatic rings. The summed E-state index contributed by atoms with van der Waals surface area (Å²) in [6.07, 6.45) is 0. The lowest BCUT2D eigenvalue weighted by Gasteiger charge is -2.15. The van der Waals surface area contributed by atoms with E-state index in [9.17, 15) is 14.3 Å². The number of para-hydroxylation sites is 1. The first kappa shape index (κ1) is 14.8. The van der Waals surface area contributed by atoms with E-state index in [-0.39, 0.29) is 28.9 Å². The van der Waals surface area contributed by atoms with Gasteiger partial charge in [-0.1, -0.05) is 18.2 Å². The van der Waals surface area contributed by atoms with E-state index in [0.29, 0.717) is 5.56 Å². The third kappa shape index (κ3) is 3.31. The van der Waals surface area contributed by atoms with Crippen molar-refractivity contribution in [1.29, 1.82) is 0 Å². The van der Waals surface area contributed by atoms with Gasteiger partial charge < -0.3 is 15.2 Å². The second-order valence-corrected chi connectivity index (χ2v) is 4.61. The number of hydrogen-bond acceptors (Lipinski definition) is 3. The molecular weight excluding hydrogens is 273 g/mol. The summed E-state index contributed by atoms with van der Waals surface area (Å²) >= 11 is 0. The van der Waals surface area contributed by atoms with Crippen LogP contribution in [0.1, 0.15) is 28.9 Å². The number of phenols is 1. The molecule has 0 fully saturated rings. The second-order valence-electron chi connectivity index (χ2n) is 4.61. The lowest BCUT2D eigenvalue weighted by Crippen LogP contribution is -2.26. The summed E-state index contributed by atoms with van der Waals surface area (Å²) in [5.41, 5.74) is 0.753. The number of carbonyl (C=O) groups is 1. The quantitative estimate of drug-likeness (QED) is 0.909. The molecule has 0 radical (unpaired) electrons. The van der Waals surface area contributed by atoms with Crippen LogP contribution in [0.15, 0.2) is 42.5 Å². The van der Waals surface area contributed by atoms with E-state index in [4.69, 9.17) is 4.74 Å². The third-order valence-corrected chi connectivity index (χ3v) is 3.16. The fourth-order valence-electron chi connectivity index (χ4n) is 2.00. The van der Waals surface area contributed by atoms with Crippen molar-refractivity contribution in [2.24, 2.45) is 0 Å². The molecule has 1 atom stereocenters. The molecule has 0 aliphatic carbocycles. The maximum Gasteiger partial charge on any atom is 0.255 e. The Balaban J connectivity index is 2.18. The van der Waals surface area contributed by atoms with Gasteiger partial charge in [0.25, 0.3) is 5.91 Å². The Kier molecular flexibility index (Phi) is 4.42. The minimum atomic E-state index is -0.455. The van der Waals surface area contributed by atoms with Crippen LogP contribution < -0.4 is 10.1 Å². The van der Waals surface area contributed by atoms with Crippen LogP contribution in [0.25, 0.3) is 0 Å². The number of hydrogen-bond donors (Lipinski definition) is 2. The van der Waals surface area contributed by atoms with Gasteiger partial charge in [0.05, 0.1) is 18.7 Å². The Morgan fingerprint density at radius 1 is 1.29 bits per heavy atom. The molecule has 0 aromatic heterocycles. The van der Waals surface area contributed by atoms with Gasteiger partial charge in [0.15, 0.2) is 11.5 Å². The van der Waals surface area contributed by atoms with Crippen molar-refractivity contribution in [3.05, 3.63) is 59.4 Å². The Hall–Kier alpha value is -2.56. The number of carbonyl (C=O) groups excluding carboxylic acids is 1. The highest BCUT2D eigenvalue weighted by atomic mass is 19.1. The van der Waals surface area contributed by atoms with E-state index in [1.807, 2.05) is 0 Å². The van der Waals surface area contributed by atoms with Crippen LogP contribution >= 0.6 is 0 Å². The average Bonchev–Trinajstić information content (AvgIpc) is 2.47. The largest absolute Gasteiger partial charge is 0.504 e. The Morgan fingerprint density at radius 2 is 2.00 bits per heavy atom. The average molecular weight is 289 g/mol. The van der Waals surface area contributed by atoms with Gasteiger partial charge >= 0.3 is 0 Å². The van der Waals surface area contributed by atoms with Crippen LogP contribution in [0.3, 0.4) is 0 Å².